The molecule has 1 heteroatoms. The summed E-state index contributed by atoms with van der Waals surface area (Å²) in [5.41, 5.74) is 2.85. The molecule has 1 aromatic rings. The molecule has 0 aromatic heterocycles. The molecular weight excluding hydrogens is 206 g/mol. The molecule has 96 valence electrons. The topological polar surface area (TPSA) is 12.0 Å². The summed E-state index contributed by atoms with van der Waals surface area (Å²) in [6.07, 6.45) is 2.46. The predicted octanol–water partition coefficient (Wildman–Crippen LogP) is 3.81. The van der Waals surface area contributed by atoms with Crippen LogP contribution in [-0.2, 0) is 6.42 Å². The minimum Gasteiger partial charge on any atom is -0.317 e. The normalized spacial score (nSPS) is 14.6. The molecule has 1 rings (SSSR count). The van der Waals surface area contributed by atoms with Crippen molar-refractivity contribution in [2.24, 2.45) is 11.8 Å². The van der Waals surface area contributed by atoms with Gasteiger partial charge in [-0.25, -0.2) is 0 Å². The molecule has 0 saturated carbocycles. The van der Waals surface area contributed by atoms with Gasteiger partial charge in [0.15, 0.2) is 0 Å². The first kappa shape index (κ1) is 14.2. The monoisotopic (exact) mass is 233 g/mol. The third-order valence-corrected chi connectivity index (χ3v) is 3.69. The summed E-state index contributed by atoms with van der Waals surface area (Å²) in [7, 11) is 0. The lowest BCUT2D eigenvalue weighted by atomic mass is 9.86. The summed E-state index contributed by atoms with van der Waals surface area (Å²) in [5.74, 6) is 1.54. The Bertz CT molecular complexity index is 319. The van der Waals surface area contributed by atoms with Crippen LogP contribution in [0.1, 0.15) is 38.3 Å². The summed E-state index contributed by atoms with van der Waals surface area (Å²) in [6.45, 7) is 11.2. The van der Waals surface area contributed by atoms with Crippen LogP contribution in [0.5, 0.6) is 0 Å². The first-order valence-corrected chi connectivity index (χ1v) is 6.93. The fourth-order valence-electron chi connectivity index (χ4n) is 2.28. The highest BCUT2D eigenvalue weighted by atomic mass is 14.8. The highest BCUT2D eigenvalue weighted by Gasteiger charge is 2.15. The highest BCUT2D eigenvalue weighted by Crippen LogP contribution is 2.20. The van der Waals surface area contributed by atoms with E-state index in [1.54, 1.807) is 0 Å². The molecule has 2 unspecified atom stereocenters. The fourth-order valence-corrected chi connectivity index (χ4v) is 2.28. The van der Waals surface area contributed by atoms with Crippen LogP contribution in [0.4, 0.5) is 0 Å². The van der Waals surface area contributed by atoms with Gasteiger partial charge in [0.2, 0.25) is 0 Å². The van der Waals surface area contributed by atoms with Gasteiger partial charge in [0, 0.05) is 0 Å². The number of rotatable bonds is 7. The zero-order valence-corrected chi connectivity index (χ0v) is 11.8. The molecule has 0 aliphatic heterocycles. The van der Waals surface area contributed by atoms with Gasteiger partial charge in [-0.1, -0.05) is 57.0 Å². The minimum absolute atomic E-state index is 0.752. The average Bonchev–Trinajstić information content (AvgIpc) is 2.33. The second-order valence-electron chi connectivity index (χ2n) is 5.15. The van der Waals surface area contributed by atoms with Gasteiger partial charge in [-0.3, -0.25) is 0 Å². The number of hydrogen-bond donors (Lipinski definition) is 1. The van der Waals surface area contributed by atoms with Crippen LogP contribution in [0, 0.1) is 18.8 Å². The molecule has 1 nitrogen and oxygen atoms in total. The van der Waals surface area contributed by atoms with Gasteiger partial charge < -0.3 is 5.32 Å². The molecule has 0 aliphatic carbocycles. The molecule has 1 N–H and O–H groups in total. The number of nitrogens with one attached hydrogen (secondary N) is 1. The van der Waals surface area contributed by atoms with Crippen LogP contribution in [0.15, 0.2) is 24.3 Å². The number of aryl methyl sites for hydroxylation is 1. The van der Waals surface area contributed by atoms with Crippen LogP contribution in [0.3, 0.4) is 0 Å². The van der Waals surface area contributed by atoms with Crippen molar-refractivity contribution in [3.8, 4) is 0 Å². The van der Waals surface area contributed by atoms with Crippen LogP contribution in [0.25, 0.3) is 0 Å². The Balaban J connectivity index is 2.64. The van der Waals surface area contributed by atoms with Gasteiger partial charge in [0.05, 0.1) is 0 Å². The summed E-state index contributed by atoms with van der Waals surface area (Å²) < 4.78 is 0. The van der Waals surface area contributed by atoms with E-state index in [1.165, 1.54) is 24.0 Å². The van der Waals surface area contributed by atoms with Crippen LogP contribution >= 0.6 is 0 Å². The molecule has 1 aromatic carbocycles. The maximum Gasteiger partial charge on any atom is -0.00149 e. The second kappa shape index (κ2) is 7.50. The average molecular weight is 233 g/mol. The van der Waals surface area contributed by atoms with Gasteiger partial charge in [0.1, 0.15) is 0 Å². The van der Waals surface area contributed by atoms with Crippen molar-refractivity contribution in [2.75, 3.05) is 13.1 Å². The van der Waals surface area contributed by atoms with E-state index < -0.39 is 0 Å². The van der Waals surface area contributed by atoms with E-state index in [-0.39, 0.29) is 0 Å². The Labute approximate surface area is 107 Å². The zero-order valence-electron chi connectivity index (χ0n) is 11.8. The molecule has 0 heterocycles. The molecule has 0 spiro atoms. The SMILES string of the molecule is CCNCC(Cc1cccc(C)c1)C(C)CC. The van der Waals surface area contributed by atoms with E-state index in [2.05, 4.69) is 57.3 Å². The predicted molar refractivity (Wildman–Crippen MR) is 76.4 cm³/mol. The Morgan fingerprint density at radius 2 is 2.00 bits per heavy atom. The fraction of sp³-hybridized carbons (Fsp3) is 0.625. The highest BCUT2D eigenvalue weighted by molar-refractivity contribution is 5.22. The quantitative estimate of drug-likeness (QED) is 0.755. The molecule has 0 radical (unpaired) electrons. The summed E-state index contributed by atoms with van der Waals surface area (Å²) in [4.78, 5) is 0. The molecule has 0 fully saturated rings. The molecule has 0 bridgehead atoms. The van der Waals surface area contributed by atoms with E-state index in [9.17, 15) is 0 Å². The van der Waals surface area contributed by atoms with Gasteiger partial charge >= 0.3 is 0 Å². The number of benzene rings is 1. The number of hydrogen-bond acceptors (Lipinski definition) is 1. The van der Waals surface area contributed by atoms with Crippen LogP contribution in [-0.4, -0.2) is 13.1 Å². The van der Waals surface area contributed by atoms with E-state index in [4.69, 9.17) is 0 Å². The zero-order chi connectivity index (χ0) is 12.7. The Hall–Kier alpha value is -0.820. The van der Waals surface area contributed by atoms with Crippen molar-refractivity contribution in [3.63, 3.8) is 0 Å². The molecule has 2 atom stereocenters. The van der Waals surface area contributed by atoms with Crippen molar-refractivity contribution < 1.29 is 0 Å². The molecule has 0 saturated heterocycles. The Kier molecular flexibility index (Phi) is 6.28. The maximum atomic E-state index is 3.50. The van der Waals surface area contributed by atoms with Crippen LogP contribution in [0.2, 0.25) is 0 Å². The second-order valence-corrected chi connectivity index (χ2v) is 5.15. The minimum atomic E-state index is 0.752. The summed E-state index contributed by atoms with van der Waals surface area (Å²) >= 11 is 0. The maximum absolute atomic E-state index is 3.50. The van der Waals surface area contributed by atoms with Crippen molar-refractivity contribution >= 4 is 0 Å². The van der Waals surface area contributed by atoms with E-state index in [1.807, 2.05) is 0 Å². The largest absolute Gasteiger partial charge is 0.317 e. The Morgan fingerprint density at radius 1 is 1.24 bits per heavy atom. The van der Waals surface area contributed by atoms with Gasteiger partial charge in [-0.15, -0.1) is 0 Å². The molecule has 0 aliphatic rings. The van der Waals surface area contributed by atoms with Crippen molar-refractivity contribution in [2.45, 2.75) is 40.5 Å². The third kappa shape index (κ3) is 4.91. The van der Waals surface area contributed by atoms with Crippen molar-refractivity contribution in [1.29, 1.82) is 0 Å². The van der Waals surface area contributed by atoms with Crippen molar-refractivity contribution in [3.05, 3.63) is 35.4 Å². The van der Waals surface area contributed by atoms with Gasteiger partial charge in [-0.05, 0) is 43.8 Å². The smallest absolute Gasteiger partial charge is 0.00149 e. The van der Waals surface area contributed by atoms with Gasteiger partial charge in [-0.2, -0.15) is 0 Å². The molecular formula is C16H27N. The molecule has 17 heavy (non-hydrogen) atoms. The Morgan fingerprint density at radius 3 is 2.59 bits per heavy atom. The molecule has 0 amide bonds. The summed E-state index contributed by atoms with van der Waals surface area (Å²) in [6, 6.07) is 8.92. The van der Waals surface area contributed by atoms with Crippen LogP contribution < -0.4 is 5.32 Å². The lowest BCUT2D eigenvalue weighted by Gasteiger charge is -2.23. The van der Waals surface area contributed by atoms with E-state index in [0.717, 1.165) is 24.9 Å². The lowest BCUT2D eigenvalue weighted by molar-refractivity contribution is 0.332. The van der Waals surface area contributed by atoms with E-state index in [0.29, 0.717) is 0 Å². The standard InChI is InChI=1S/C16H27N/c1-5-14(4)16(12-17-6-2)11-15-9-7-8-13(3)10-15/h7-10,14,16-17H,5-6,11-12H2,1-4H3. The lowest BCUT2D eigenvalue weighted by Crippen LogP contribution is -2.28. The first-order valence-electron chi connectivity index (χ1n) is 6.93. The third-order valence-electron chi connectivity index (χ3n) is 3.69. The first-order chi connectivity index (χ1) is 8.17. The van der Waals surface area contributed by atoms with Crippen molar-refractivity contribution in [1.82, 2.24) is 5.32 Å². The van der Waals surface area contributed by atoms with Gasteiger partial charge in [0.25, 0.3) is 0 Å². The van der Waals surface area contributed by atoms with E-state index >= 15 is 0 Å². The summed E-state index contributed by atoms with van der Waals surface area (Å²) in [5, 5.41) is 3.50.